The number of amides is 1. The molecule has 1 amide bonds. The van der Waals surface area contributed by atoms with Gasteiger partial charge in [0.15, 0.2) is 5.96 Å². The molecule has 1 saturated heterocycles. The van der Waals surface area contributed by atoms with Gasteiger partial charge >= 0.3 is 0 Å². The maximum atomic E-state index is 12.2. The average molecular weight is 340 g/mol. The van der Waals surface area contributed by atoms with E-state index in [1.807, 2.05) is 11.0 Å². The minimum absolute atomic E-state index is 0.144. The van der Waals surface area contributed by atoms with Crippen molar-refractivity contribution >= 4 is 17.4 Å². The number of nitrogens with zero attached hydrogens (tertiary/aromatic N) is 3. The van der Waals surface area contributed by atoms with E-state index in [-0.39, 0.29) is 12.5 Å². The Morgan fingerprint density at radius 2 is 1.88 bits per heavy atom. The molecule has 134 valence electrons. The van der Waals surface area contributed by atoms with E-state index in [2.05, 4.69) is 52.5 Å². The summed E-state index contributed by atoms with van der Waals surface area (Å²) in [6.45, 7) is 6.64. The van der Waals surface area contributed by atoms with E-state index in [0.29, 0.717) is 0 Å². The summed E-state index contributed by atoms with van der Waals surface area (Å²) in [5, 5.41) is 3.33. The van der Waals surface area contributed by atoms with Gasteiger partial charge in [-0.3, -0.25) is 4.79 Å². The maximum absolute atomic E-state index is 12.2. The summed E-state index contributed by atoms with van der Waals surface area (Å²) in [5.74, 6) is 0.990. The highest BCUT2D eigenvalue weighted by molar-refractivity contribution is 5.85. The molecule has 25 heavy (non-hydrogen) atoms. The molecule has 0 unspecified atom stereocenters. The molecule has 1 N–H and O–H groups in total. The second-order valence-electron chi connectivity index (χ2n) is 6.55. The molecule has 0 radical (unpaired) electrons. The fourth-order valence-corrected chi connectivity index (χ4v) is 3.41. The third-order valence-corrected chi connectivity index (χ3v) is 4.81. The lowest BCUT2D eigenvalue weighted by molar-refractivity contribution is -0.128. The van der Waals surface area contributed by atoms with Crippen molar-refractivity contribution in [1.29, 1.82) is 0 Å². The van der Waals surface area contributed by atoms with Gasteiger partial charge in [-0.2, -0.15) is 0 Å². The number of aliphatic imine (C=N–C) groups is 1. The second-order valence-corrected chi connectivity index (χ2v) is 6.55. The van der Waals surface area contributed by atoms with Gasteiger partial charge in [-0.05, 0) is 37.3 Å². The van der Waals surface area contributed by atoms with E-state index < -0.39 is 0 Å². The fraction of sp³-hybridized carbons (Fsp3) is 0.500. The van der Waals surface area contributed by atoms with Gasteiger partial charge in [0.1, 0.15) is 6.54 Å². The van der Waals surface area contributed by atoms with E-state index >= 15 is 0 Å². The van der Waals surface area contributed by atoms with Gasteiger partial charge in [0, 0.05) is 32.7 Å². The van der Waals surface area contributed by atoms with Crippen molar-refractivity contribution in [3.63, 3.8) is 0 Å². The Bertz CT molecular complexity index is 632. The van der Waals surface area contributed by atoms with Gasteiger partial charge in [0.2, 0.25) is 5.91 Å². The molecular weight excluding hydrogens is 312 g/mol. The Morgan fingerprint density at radius 3 is 2.52 bits per heavy atom. The molecular formula is C20H28N4O. The summed E-state index contributed by atoms with van der Waals surface area (Å²) in [7, 11) is 0. The molecule has 3 rings (SSSR count). The molecule has 1 fully saturated rings. The summed E-state index contributed by atoms with van der Waals surface area (Å²) < 4.78 is 0. The van der Waals surface area contributed by atoms with Crippen LogP contribution in [0.2, 0.25) is 0 Å². The molecule has 0 atom stereocenters. The molecule has 5 heteroatoms. The summed E-state index contributed by atoms with van der Waals surface area (Å²) in [6.07, 6.45) is 5.51. The monoisotopic (exact) mass is 340 g/mol. The number of rotatable bonds is 4. The van der Waals surface area contributed by atoms with Crippen molar-refractivity contribution < 1.29 is 4.79 Å². The SMILES string of the molecule is CCNC(=NCC(=O)N1CCCC1)N1CC=C(c2ccccc2)CC1. The van der Waals surface area contributed by atoms with E-state index in [1.54, 1.807) is 0 Å². The van der Waals surface area contributed by atoms with E-state index in [9.17, 15) is 4.79 Å². The van der Waals surface area contributed by atoms with Crippen LogP contribution < -0.4 is 5.32 Å². The van der Waals surface area contributed by atoms with Crippen molar-refractivity contribution in [3.05, 3.63) is 42.0 Å². The Labute approximate surface area is 150 Å². The molecule has 2 aliphatic heterocycles. The van der Waals surface area contributed by atoms with Gasteiger partial charge < -0.3 is 15.1 Å². The predicted octanol–water partition coefficient (Wildman–Crippen LogP) is 2.36. The van der Waals surface area contributed by atoms with E-state index in [4.69, 9.17) is 0 Å². The van der Waals surface area contributed by atoms with E-state index in [0.717, 1.165) is 57.9 Å². The van der Waals surface area contributed by atoms with Gasteiger partial charge in [-0.25, -0.2) is 4.99 Å². The van der Waals surface area contributed by atoms with Gasteiger partial charge in [0.05, 0.1) is 0 Å². The Morgan fingerprint density at radius 1 is 1.12 bits per heavy atom. The van der Waals surface area contributed by atoms with Crippen LogP contribution >= 0.6 is 0 Å². The summed E-state index contributed by atoms with van der Waals surface area (Å²) in [5.41, 5.74) is 2.69. The van der Waals surface area contributed by atoms with Crippen LogP contribution in [0.15, 0.2) is 41.4 Å². The molecule has 0 aliphatic carbocycles. The van der Waals surface area contributed by atoms with Crippen LogP contribution in [0.4, 0.5) is 0 Å². The van der Waals surface area contributed by atoms with Crippen LogP contribution in [0.25, 0.3) is 5.57 Å². The lowest BCUT2D eigenvalue weighted by Gasteiger charge is -2.30. The zero-order chi connectivity index (χ0) is 17.5. The number of carbonyl (C=O) groups is 1. The van der Waals surface area contributed by atoms with Crippen LogP contribution in [0, 0.1) is 0 Å². The molecule has 1 aromatic rings. The van der Waals surface area contributed by atoms with Crippen LogP contribution in [0.3, 0.4) is 0 Å². The lowest BCUT2D eigenvalue weighted by Crippen LogP contribution is -2.44. The number of likely N-dealkylation sites (tertiary alicyclic amines) is 1. The highest BCUT2D eigenvalue weighted by Crippen LogP contribution is 2.22. The number of hydrogen-bond donors (Lipinski definition) is 1. The molecule has 0 bridgehead atoms. The second kappa shape index (κ2) is 8.70. The van der Waals surface area contributed by atoms with Crippen LogP contribution in [0.5, 0.6) is 0 Å². The van der Waals surface area contributed by atoms with Crippen molar-refractivity contribution in [2.75, 3.05) is 39.3 Å². The van der Waals surface area contributed by atoms with E-state index in [1.165, 1.54) is 11.1 Å². The highest BCUT2D eigenvalue weighted by atomic mass is 16.2. The number of hydrogen-bond acceptors (Lipinski definition) is 2. The number of carbonyl (C=O) groups excluding carboxylic acids is 1. The highest BCUT2D eigenvalue weighted by Gasteiger charge is 2.19. The third-order valence-electron chi connectivity index (χ3n) is 4.81. The first-order valence-corrected chi connectivity index (χ1v) is 9.33. The van der Waals surface area contributed by atoms with Gasteiger partial charge in [0.25, 0.3) is 0 Å². The normalized spacial score (nSPS) is 18.3. The standard InChI is InChI=1S/C20H28N4O/c1-2-21-20(22-16-19(25)23-12-6-7-13-23)24-14-10-18(11-15-24)17-8-4-3-5-9-17/h3-5,8-10H,2,6-7,11-16H2,1H3,(H,21,22). The first kappa shape index (κ1) is 17.5. The zero-order valence-electron chi connectivity index (χ0n) is 15.1. The Balaban J connectivity index is 1.62. The molecule has 2 heterocycles. The zero-order valence-corrected chi connectivity index (χ0v) is 15.1. The maximum Gasteiger partial charge on any atom is 0.244 e. The lowest BCUT2D eigenvalue weighted by atomic mass is 10.00. The van der Waals surface area contributed by atoms with Crippen molar-refractivity contribution in [3.8, 4) is 0 Å². The molecule has 1 aromatic carbocycles. The smallest absolute Gasteiger partial charge is 0.244 e. The molecule has 0 saturated carbocycles. The predicted molar refractivity (Wildman–Crippen MR) is 102 cm³/mol. The summed E-state index contributed by atoms with van der Waals surface area (Å²) in [6, 6.07) is 10.5. The largest absolute Gasteiger partial charge is 0.356 e. The van der Waals surface area contributed by atoms with Gasteiger partial charge in [-0.15, -0.1) is 0 Å². The Hall–Kier alpha value is -2.30. The average Bonchev–Trinajstić information content (AvgIpc) is 3.21. The fourth-order valence-electron chi connectivity index (χ4n) is 3.41. The molecule has 0 spiro atoms. The minimum Gasteiger partial charge on any atom is -0.356 e. The summed E-state index contributed by atoms with van der Waals surface area (Å²) >= 11 is 0. The first-order chi connectivity index (χ1) is 12.3. The number of guanidine groups is 1. The van der Waals surface area contributed by atoms with Crippen molar-refractivity contribution in [2.24, 2.45) is 4.99 Å². The number of benzene rings is 1. The van der Waals surface area contributed by atoms with Gasteiger partial charge in [-0.1, -0.05) is 36.4 Å². The third kappa shape index (κ3) is 4.62. The minimum atomic E-state index is 0.144. The molecule has 2 aliphatic rings. The Kier molecular flexibility index (Phi) is 6.09. The topological polar surface area (TPSA) is 47.9 Å². The van der Waals surface area contributed by atoms with Crippen molar-refractivity contribution in [1.82, 2.24) is 15.1 Å². The van der Waals surface area contributed by atoms with Crippen LogP contribution in [0.1, 0.15) is 31.7 Å². The summed E-state index contributed by atoms with van der Waals surface area (Å²) in [4.78, 5) is 21.0. The quantitative estimate of drug-likeness (QED) is 0.676. The first-order valence-electron chi connectivity index (χ1n) is 9.33. The van der Waals surface area contributed by atoms with Crippen LogP contribution in [-0.4, -0.2) is 60.9 Å². The number of nitrogens with one attached hydrogen (secondary N) is 1. The molecule has 0 aromatic heterocycles. The molecule has 5 nitrogen and oxygen atoms in total. The van der Waals surface area contributed by atoms with Crippen molar-refractivity contribution in [2.45, 2.75) is 26.2 Å². The van der Waals surface area contributed by atoms with Crippen LogP contribution in [-0.2, 0) is 4.79 Å².